The number of rotatable bonds is 10. The number of benzene rings is 2. The molecule has 1 radical (unpaired) electrons. The fourth-order valence-corrected chi connectivity index (χ4v) is 8.98. The summed E-state index contributed by atoms with van der Waals surface area (Å²) in [4.78, 5) is 24.2. The van der Waals surface area contributed by atoms with E-state index < -0.39 is 0 Å². The van der Waals surface area contributed by atoms with E-state index in [1.54, 1.807) is 29.4 Å². The quantitative estimate of drug-likeness (QED) is 0.0741. The monoisotopic (exact) mass is 880 g/mol. The van der Waals surface area contributed by atoms with Crippen LogP contribution >= 0.6 is 34.9 Å². The molecule has 1 aliphatic rings. The number of thioether (sulfide) groups is 2. The van der Waals surface area contributed by atoms with Crippen LogP contribution in [0.3, 0.4) is 0 Å². The summed E-state index contributed by atoms with van der Waals surface area (Å²) in [6.45, 7) is 25.0. The van der Waals surface area contributed by atoms with Crippen LogP contribution in [0.2, 0.25) is 0 Å². The van der Waals surface area contributed by atoms with Gasteiger partial charge in [-0.15, -0.1) is 52.4 Å². The van der Waals surface area contributed by atoms with Crippen LogP contribution < -0.4 is 0 Å². The zero-order chi connectivity index (χ0) is 34.7. The van der Waals surface area contributed by atoms with E-state index in [2.05, 4.69) is 64.6 Å². The topological polar surface area (TPSA) is 63.1 Å². The van der Waals surface area contributed by atoms with E-state index in [-0.39, 0.29) is 47.9 Å². The molecule has 261 valence electrons. The van der Waals surface area contributed by atoms with Gasteiger partial charge in [-0.1, -0.05) is 80.7 Å². The average Bonchev–Trinajstić information content (AvgIpc) is 3.63. The molecule has 2 aromatic carbocycles. The number of carbonyl (C=O) groups is 1. The normalized spacial score (nSPS) is 15.1. The van der Waals surface area contributed by atoms with Gasteiger partial charge in [0.25, 0.3) is 0 Å². The third-order valence-electron chi connectivity index (χ3n) is 10.1. The van der Waals surface area contributed by atoms with Gasteiger partial charge in [0.05, 0.1) is 5.52 Å². The second kappa shape index (κ2) is 16.4. The summed E-state index contributed by atoms with van der Waals surface area (Å²) in [5, 5.41) is 14.0. The molecule has 0 fully saturated rings. The maximum Gasteiger partial charge on any atom is 0.164 e. The number of aliphatic hydroxyl groups excluding tert-OH is 1. The van der Waals surface area contributed by atoms with Crippen molar-refractivity contribution in [2.24, 2.45) is 10.8 Å². The van der Waals surface area contributed by atoms with E-state index in [9.17, 15) is 9.90 Å². The summed E-state index contributed by atoms with van der Waals surface area (Å²) < 4.78 is 2.46. The Bertz CT molecular complexity index is 1800. The smallest absolute Gasteiger partial charge is 0.164 e. The van der Waals surface area contributed by atoms with Crippen LogP contribution in [0.25, 0.3) is 31.6 Å². The molecule has 0 saturated heterocycles. The summed E-state index contributed by atoms with van der Waals surface area (Å²) in [7, 11) is 0. The molecule has 8 heteroatoms. The fourth-order valence-electron chi connectivity index (χ4n) is 5.83. The maximum atomic E-state index is 12.2. The molecular weight excluding hydrogens is 829 g/mol. The second-order valence-corrected chi connectivity index (χ2v) is 17.7. The Kier molecular flexibility index (Phi) is 13.8. The summed E-state index contributed by atoms with van der Waals surface area (Å²) >= 11 is 5.43. The van der Waals surface area contributed by atoms with E-state index >= 15 is 0 Å². The van der Waals surface area contributed by atoms with Crippen LogP contribution in [-0.2, 0) is 36.7 Å². The first-order valence-electron chi connectivity index (χ1n) is 16.8. The van der Waals surface area contributed by atoms with Crippen LogP contribution in [0.5, 0.6) is 0 Å². The molecule has 2 aromatic heterocycles. The molecule has 0 spiro atoms. The number of fused-ring (bicyclic) bond motifs is 5. The van der Waals surface area contributed by atoms with Gasteiger partial charge in [0, 0.05) is 67.6 Å². The van der Waals surface area contributed by atoms with Crippen molar-refractivity contribution in [3.63, 3.8) is 0 Å². The average molecular weight is 880 g/mol. The van der Waals surface area contributed by atoms with Gasteiger partial charge in [0.1, 0.15) is 12.1 Å². The van der Waals surface area contributed by atoms with Crippen molar-refractivity contribution in [1.29, 1.82) is 0 Å². The number of ketones is 1. The Hall–Kier alpha value is -1.96. The van der Waals surface area contributed by atoms with Gasteiger partial charge in [-0.2, -0.15) is 11.8 Å². The van der Waals surface area contributed by atoms with Crippen LogP contribution in [0.4, 0.5) is 0 Å². The molecule has 1 atom stereocenters. The molecule has 48 heavy (non-hydrogen) atoms. The van der Waals surface area contributed by atoms with Crippen molar-refractivity contribution >= 4 is 60.9 Å². The molecular formula is C40H51IrN2O2S3-. The summed E-state index contributed by atoms with van der Waals surface area (Å²) in [5.74, 6) is 0.286. The molecule has 3 heterocycles. The minimum atomic E-state index is -0.337. The molecule has 4 aromatic rings. The number of hydrogen-bond donors (Lipinski definition) is 1. The molecule has 1 N–H and O–H groups in total. The predicted octanol–water partition coefficient (Wildman–Crippen LogP) is 12.5. The van der Waals surface area contributed by atoms with Gasteiger partial charge >= 0.3 is 0 Å². The van der Waals surface area contributed by atoms with Crippen molar-refractivity contribution in [2.75, 3.05) is 0 Å². The molecule has 4 nitrogen and oxygen atoms in total. The third-order valence-corrected chi connectivity index (χ3v) is 13.2. The molecule has 0 saturated carbocycles. The SMILES string of the molecule is C=CSc1c[c-]c(-c2ncnc3c2sc2ccc4c(c23)CC(C)S4)cc1C(C)(C)C.CCC(C)(CC)C(=O)/C=C(\O)C(C)(CC)CC.[Ir]. The number of nitrogens with zero attached hydrogens (tertiary/aromatic N) is 2. The fraction of sp³-hybridized carbons (Fsp3) is 0.475. The van der Waals surface area contributed by atoms with Gasteiger partial charge in [0.15, 0.2) is 5.78 Å². The number of allylic oxidation sites excluding steroid dienone is 2. The number of hydrogen-bond acceptors (Lipinski definition) is 7. The Balaban J connectivity index is 0.000000301. The van der Waals surface area contributed by atoms with Crippen LogP contribution in [-0.4, -0.2) is 26.1 Å². The van der Waals surface area contributed by atoms with E-state index in [0.717, 1.165) is 53.6 Å². The summed E-state index contributed by atoms with van der Waals surface area (Å²) in [5.41, 5.74) is 5.27. The first kappa shape index (κ1) is 40.5. The van der Waals surface area contributed by atoms with Crippen molar-refractivity contribution in [1.82, 2.24) is 9.97 Å². The molecule has 5 rings (SSSR count). The molecule has 0 bridgehead atoms. The van der Waals surface area contributed by atoms with Gasteiger partial charge in [-0.25, -0.2) is 4.98 Å². The van der Waals surface area contributed by atoms with Gasteiger partial charge < -0.3 is 5.11 Å². The van der Waals surface area contributed by atoms with Gasteiger partial charge in [0.2, 0.25) is 0 Å². The Morgan fingerprint density at radius 3 is 2.29 bits per heavy atom. The molecule has 0 aliphatic carbocycles. The van der Waals surface area contributed by atoms with E-state index in [0.29, 0.717) is 5.25 Å². The number of carbonyl (C=O) groups excluding carboxylic acids is 1. The van der Waals surface area contributed by atoms with Crippen LogP contribution in [0, 0.1) is 16.9 Å². The van der Waals surface area contributed by atoms with Crippen molar-refractivity contribution in [2.45, 2.75) is 122 Å². The van der Waals surface area contributed by atoms with E-state index in [1.807, 2.05) is 58.7 Å². The van der Waals surface area contributed by atoms with Crippen LogP contribution in [0.1, 0.15) is 106 Å². The Morgan fingerprint density at radius 2 is 1.71 bits per heavy atom. The number of thiophene rings is 1. The van der Waals surface area contributed by atoms with E-state index in [4.69, 9.17) is 9.97 Å². The number of aliphatic hydroxyl groups is 1. The molecule has 0 amide bonds. The van der Waals surface area contributed by atoms with Crippen LogP contribution in [0.15, 0.2) is 64.2 Å². The van der Waals surface area contributed by atoms with Crippen molar-refractivity contribution < 1.29 is 30.0 Å². The first-order chi connectivity index (χ1) is 22.2. The minimum Gasteiger partial charge on any atom is -0.512 e. The second-order valence-electron chi connectivity index (χ2n) is 14.1. The van der Waals surface area contributed by atoms with Gasteiger partial charge in [-0.05, 0) is 60.6 Å². The van der Waals surface area contributed by atoms with Gasteiger partial charge in [-0.3, -0.25) is 9.78 Å². The zero-order valence-corrected chi connectivity index (χ0v) is 35.0. The zero-order valence-electron chi connectivity index (χ0n) is 30.2. The first-order valence-corrected chi connectivity index (χ1v) is 19.4. The maximum absolute atomic E-state index is 12.2. The predicted molar refractivity (Wildman–Crippen MR) is 206 cm³/mol. The minimum absolute atomic E-state index is 0. The Labute approximate surface area is 314 Å². The third kappa shape index (κ3) is 8.32. The van der Waals surface area contributed by atoms with Crippen molar-refractivity contribution in [3.8, 4) is 11.3 Å². The van der Waals surface area contributed by atoms with Crippen molar-refractivity contribution in [3.05, 3.63) is 71.6 Å². The molecule has 1 aliphatic heterocycles. The largest absolute Gasteiger partial charge is 0.512 e. The molecule has 1 unspecified atom stereocenters. The van der Waals surface area contributed by atoms with E-state index in [1.165, 1.54) is 37.1 Å². The standard InChI is InChI=1S/C25H23N2S3.C15H28O2.Ir/c1-6-28-19-8-7-15(12-17(19)25(3,4)5)22-24-23(27-13-26-22)21-16-11-14(2)29-18(16)9-10-20(21)30-24;1-7-14(5,8-2)12(16)11-13(17)15(6,9-3)10-4;/h6,8-10,12-14H,1,11H2,2-5H3;11,16H,7-10H2,1-6H3;/q-1;;/b;12-11-;. The number of aromatic nitrogens is 2. The summed E-state index contributed by atoms with van der Waals surface area (Å²) in [6.07, 6.45) is 7.58. The summed E-state index contributed by atoms with van der Waals surface area (Å²) in [6, 6.07) is 12.4. The Morgan fingerprint density at radius 1 is 1.06 bits per heavy atom.